The fourth-order valence-corrected chi connectivity index (χ4v) is 3.97. The zero-order chi connectivity index (χ0) is 15.1. The van der Waals surface area contributed by atoms with Crippen molar-refractivity contribution in [3.8, 4) is 0 Å². The van der Waals surface area contributed by atoms with E-state index in [1.165, 1.54) is 6.42 Å². The maximum Gasteiger partial charge on any atom is 0.270 e. The highest BCUT2D eigenvalue weighted by atomic mass is 16.2. The number of aromatic amines is 1. The number of rotatable bonds is 1. The standard InChI is InChI=1S/C17H24N2O2/c1-10-7-11(2)9-19(8-10)17(21)16-12(3)15-13(18-16)5-4-6-14(15)20/h10-11,18H,4-9H2,1-3H3. The van der Waals surface area contributed by atoms with Crippen LogP contribution >= 0.6 is 0 Å². The average Bonchev–Trinajstić information content (AvgIpc) is 2.75. The van der Waals surface area contributed by atoms with Gasteiger partial charge in [-0.15, -0.1) is 0 Å². The number of amides is 1. The Hall–Kier alpha value is -1.58. The summed E-state index contributed by atoms with van der Waals surface area (Å²) in [6, 6.07) is 0. The summed E-state index contributed by atoms with van der Waals surface area (Å²) >= 11 is 0. The molecule has 1 aliphatic heterocycles. The first-order valence-electron chi connectivity index (χ1n) is 8.01. The molecule has 21 heavy (non-hydrogen) atoms. The minimum atomic E-state index is 0.0631. The lowest BCUT2D eigenvalue weighted by Gasteiger charge is -2.34. The SMILES string of the molecule is Cc1c(C(=O)N2CC(C)CC(C)C2)[nH]c2c1C(=O)CCC2. The predicted octanol–water partition coefficient (Wildman–Crippen LogP) is 2.96. The van der Waals surface area contributed by atoms with E-state index in [2.05, 4.69) is 18.8 Å². The van der Waals surface area contributed by atoms with Crippen molar-refractivity contribution in [3.63, 3.8) is 0 Å². The number of carbonyl (C=O) groups excluding carboxylic acids is 2. The summed E-state index contributed by atoms with van der Waals surface area (Å²) in [6.07, 6.45) is 3.55. The van der Waals surface area contributed by atoms with Crippen molar-refractivity contribution in [1.29, 1.82) is 0 Å². The van der Waals surface area contributed by atoms with Crippen molar-refractivity contribution in [2.75, 3.05) is 13.1 Å². The van der Waals surface area contributed by atoms with Crippen molar-refractivity contribution >= 4 is 11.7 Å². The van der Waals surface area contributed by atoms with Gasteiger partial charge >= 0.3 is 0 Å². The van der Waals surface area contributed by atoms with Crippen LogP contribution in [-0.2, 0) is 6.42 Å². The van der Waals surface area contributed by atoms with Gasteiger partial charge in [-0.2, -0.15) is 0 Å². The molecule has 0 spiro atoms. The molecular formula is C17H24N2O2. The minimum absolute atomic E-state index is 0.0631. The van der Waals surface area contributed by atoms with Gasteiger partial charge in [0, 0.05) is 30.8 Å². The van der Waals surface area contributed by atoms with Crippen LogP contribution in [0.2, 0.25) is 0 Å². The average molecular weight is 288 g/mol. The fourth-order valence-electron chi connectivity index (χ4n) is 3.97. The number of nitrogens with zero attached hydrogens (tertiary/aromatic N) is 1. The molecule has 4 heteroatoms. The number of ketones is 1. The van der Waals surface area contributed by atoms with E-state index in [1.807, 2.05) is 11.8 Å². The highest BCUT2D eigenvalue weighted by Crippen LogP contribution is 2.29. The van der Waals surface area contributed by atoms with Crippen LogP contribution in [0, 0.1) is 18.8 Å². The molecule has 0 radical (unpaired) electrons. The Bertz CT molecular complexity index is 578. The van der Waals surface area contributed by atoms with Crippen molar-refractivity contribution in [2.45, 2.75) is 46.5 Å². The molecule has 2 heterocycles. The number of Topliss-reactive ketones (excluding diaryl/α,β-unsaturated/α-hetero) is 1. The molecule has 1 aromatic rings. The van der Waals surface area contributed by atoms with Gasteiger partial charge in [0.25, 0.3) is 5.91 Å². The van der Waals surface area contributed by atoms with Crippen LogP contribution in [0.3, 0.4) is 0 Å². The third-order valence-corrected chi connectivity index (χ3v) is 4.81. The topological polar surface area (TPSA) is 53.2 Å². The highest BCUT2D eigenvalue weighted by molar-refractivity contribution is 6.04. The second-order valence-electron chi connectivity index (χ2n) is 6.91. The van der Waals surface area contributed by atoms with Crippen LogP contribution < -0.4 is 0 Å². The summed E-state index contributed by atoms with van der Waals surface area (Å²) in [6.45, 7) is 7.95. The molecule has 2 unspecified atom stereocenters. The quantitative estimate of drug-likeness (QED) is 0.863. The van der Waals surface area contributed by atoms with E-state index >= 15 is 0 Å². The van der Waals surface area contributed by atoms with Gasteiger partial charge in [-0.25, -0.2) is 0 Å². The molecule has 0 bridgehead atoms. The molecule has 3 rings (SSSR count). The van der Waals surface area contributed by atoms with Gasteiger partial charge in [-0.3, -0.25) is 9.59 Å². The molecular weight excluding hydrogens is 264 g/mol. The van der Waals surface area contributed by atoms with Gasteiger partial charge in [0.2, 0.25) is 0 Å². The first-order chi connectivity index (χ1) is 9.97. The van der Waals surface area contributed by atoms with E-state index in [-0.39, 0.29) is 11.7 Å². The Balaban J connectivity index is 1.90. The summed E-state index contributed by atoms with van der Waals surface area (Å²) in [5, 5.41) is 0. The van der Waals surface area contributed by atoms with E-state index in [1.54, 1.807) is 0 Å². The first kappa shape index (κ1) is 14.4. The van der Waals surface area contributed by atoms with Crippen LogP contribution in [0.25, 0.3) is 0 Å². The van der Waals surface area contributed by atoms with Gasteiger partial charge in [0.05, 0.1) is 0 Å². The Labute approximate surface area is 125 Å². The van der Waals surface area contributed by atoms with Gasteiger partial charge in [-0.1, -0.05) is 13.8 Å². The van der Waals surface area contributed by atoms with Crippen molar-refractivity contribution in [2.24, 2.45) is 11.8 Å². The van der Waals surface area contributed by atoms with E-state index in [4.69, 9.17) is 0 Å². The number of H-pyrrole nitrogens is 1. The Morgan fingerprint density at radius 3 is 2.48 bits per heavy atom. The van der Waals surface area contributed by atoms with Crippen molar-refractivity contribution in [3.05, 3.63) is 22.5 Å². The van der Waals surface area contributed by atoms with Crippen molar-refractivity contribution < 1.29 is 9.59 Å². The third kappa shape index (κ3) is 2.52. The number of hydrogen-bond acceptors (Lipinski definition) is 2. The summed E-state index contributed by atoms with van der Waals surface area (Å²) in [5.41, 5.74) is 3.23. The summed E-state index contributed by atoms with van der Waals surface area (Å²) in [4.78, 5) is 30.1. The van der Waals surface area contributed by atoms with Crippen LogP contribution in [0.15, 0.2) is 0 Å². The first-order valence-corrected chi connectivity index (χ1v) is 8.01. The van der Waals surface area contributed by atoms with E-state index in [0.29, 0.717) is 24.0 Å². The predicted molar refractivity (Wildman–Crippen MR) is 81.6 cm³/mol. The molecule has 1 amide bonds. The summed E-state index contributed by atoms with van der Waals surface area (Å²) < 4.78 is 0. The zero-order valence-electron chi connectivity index (χ0n) is 13.2. The monoisotopic (exact) mass is 288 g/mol. The number of hydrogen-bond donors (Lipinski definition) is 1. The van der Waals surface area contributed by atoms with E-state index < -0.39 is 0 Å². The maximum atomic E-state index is 12.8. The van der Waals surface area contributed by atoms with Gasteiger partial charge in [0.15, 0.2) is 5.78 Å². The maximum absolute atomic E-state index is 12.8. The summed E-state index contributed by atoms with van der Waals surface area (Å²) in [5.74, 6) is 1.34. The van der Waals surface area contributed by atoms with Crippen LogP contribution in [0.1, 0.15) is 65.2 Å². The van der Waals surface area contributed by atoms with Gasteiger partial charge < -0.3 is 9.88 Å². The number of fused-ring (bicyclic) bond motifs is 1. The number of likely N-dealkylation sites (tertiary alicyclic amines) is 1. The lowest BCUT2D eigenvalue weighted by Crippen LogP contribution is -2.42. The normalized spacial score (nSPS) is 25.9. The van der Waals surface area contributed by atoms with Crippen molar-refractivity contribution in [1.82, 2.24) is 9.88 Å². The lowest BCUT2D eigenvalue weighted by molar-refractivity contribution is 0.0617. The number of aromatic nitrogens is 1. The number of piperidine rings is 1. The molecule has 0 aromatic carbocycles. The molecule has 1 saturated heterocycles. The molecule has 4 nitrogen and oxygen atoms in total. The minimum Gasteiger partial charge on any atom is -0.354 e. The molecule has 2 aliphatic rings. The van der Waals surface area contributed by atoms with E-state index in [9.17, 15) is 9.59 Å². The van der Waals surface area contributed by atoms with Gasteiger partial charge in [0.1, 0.15) is 5.69 Å². The molecule has 1 aliphatic carbocycles. The molecule has 114 valence electrons. The molecule has 1 N–H and O–H groups in total. The lowest BCUT2D eigenvalue weighted by atomic mass is 9.91. The largest absolute Gasteiger partial charge is 0.354 e. The van der Waals surface area contributed by atoms with E-state index in [0.717, 1.165) is 42.8 Å². The second-order valence-corrected chi connectivity index (χ2v) is 6.91. The second kappa shape index (κ2) is 5.32. The third-order valence-electron chi connectivity index (χ3n) is 4.81. The molecule has 1 aromatic heterocycles. The Kier molecular flexibility index (Phi) is 3.64. The molecule has 1 fully saturated rings. The van der Waals surface area contributed by atoms with Gasteiger partial charge in [-0.05, 0) is 43.6 Å². The summed E-state index contributed by atoms with van der Waals surface area (Å²) in [7, 11) is 0. The highest BCUT2D eigenvalue weighted by Gasteiger charge is 2.31. The number of aryl methyl sites for hydroxylation is 1. The molecule has 2 atom stereocenters. The van der Waals surface area contributed by atoms with Crippen LogP contribution in [0.4, 0.5) is 0 Å². The molecule has 0 saturated carbocycles. The zero-order valence-corrected chi connectivity index (χ0v) is 13.2. The number of nitrogens with one attached hydrogen (secondary N) is 1. The van der Waals surface area contributed by atoms with Crippen LogP contribution in [0.5, 0.6) is 0 Å². The Morgan fingerprint density at radius 2 is 1.86 bits per heavy atom. The van der Waals surface area contributed by atoms with Crippen LogP contribution in [-0.4, -0.2) is 34.7 Å². The smallest absolute Gasteiger partial charge is 0.270 e. The number of carbonyl (C=O) groups is 2. The Morgan fingerprint density at radius 1 is 1.19 bits per heavy atom. The fraction of sp³-hybridized carbons (Fsp3) is 0.647.